The molecule has 7 amide bonds. The average Bonchev–Trinajstić information content (AvgIpc) is 3.68. The van der Waals surface area contributed by atoms with Gasteiger partial charge in [-0.05, 0) is 68.2 Å². The standard InChI is InChI=1S/C35H55N11O11S/c1-58-15-12-23(33(55)46-14-3-5-26(46)34(56)57)44-30(52)22(4-2-13-40-35(38)39)43-32(54)25(18-47)45-31(53)24(16-19-6-8-20(48)9-7-19)42-28(50)17-41-29(51)21(36)10-11-27(37)49/h6-9,21-26,47-48H,2-5,10-18,36H2,1H3,(H2,37,49)(H,41,51)(H,42,50)(H,43,54)(H,44,52)(H,45,53)(H,56,57)(H4,38,39,40). The summed E-state index contributed by atoms with van der Waals surface area (Å²) in [6, 6.07) is -2.11. The van der Waals surface area contributed by atoms with E-state index >= 15 is 0 Å². The Morgan fingerprint density at radius 3 is 2.09 bits per heavy atom. The van der Waals surface area contributed by atoms with Crippen molar-refractivity contribution < 1.29 is 53.7 Å². The summed E-state index contributed by atoms with van der Waals surface area (Å²) in [5.41, 5.74) is 22.1. The number of nitrogens with zero attached hydrogens (tertiary/aromatic N) is 2. The van der Waals surface area contributed by atoms with Gasteiger partial charge in [0.15, 0.2) is 5.96 Å². The van der Waals surface area contributed by atoms with Crippen LogP contribution in [0.4, 0.5) is 0 Å². The van der Waals surface area contributed by atoms with Crippen molar-refractivity contribution in [3.63, 3.8) is 0 Å². The number of carbonyl (C=O) groups excluding carboxylic acids is 7. The third-order valence-electron chi connectivity index (χ3n) is 8.93. The third-order valence-corrected chi connectivity index (χ3v) is 9.57. The van der Waals surface area contributed by atoms with Crippen LogP contribution in [0, 0.1) is 0 Å². The van der Waals surface area contributed by atoms with E-state index in [2.05, 4.69) is 31.6 Å². The number of rotatable bonds is 25. The number of carboxylic acids is 1. The predicted molar refractivity (Wildman–Crippen MR) is 211 cm³/mol. The number of likely N-dealkylation sites (tertiary alicyclic amines) is 1. The van der Waals surface area contributed by atoms with Gasteiger partial charge in [0.2, 0.25) is 41.4 Å². The number of amides is 7. The second kappa shape index (κ2) is 24.8. The molecule has 1 aliphatic rings. The Morgan fingerprint density at radius 2 is 1.48 bits per heavy atom. The first-order valence-electron chi connectivity index (χ1n) is 18.5. The van der Waals surface area contributed by atoms with Crippen LogP contribution in [0.15, 0.2) is 29.3 Å². The molecule has 0 saturated carbocycles. The van der Waals surface area contributed by atoms with Gasteiger partial charge >= 0.3 is 5.97 Å². The predicted octanol–water partition coefficient (Wildman–Crippen LogP) is -4.54. The molecule has 22 nitrogen and oxygen atoms in total. The van der Waals surface area contributed by atoms with Crippen molar-refractivity contribution in [3.8, 4) is 5.75 Å². The summed E-state index contributed by atoms with van der Waals surface area (Å²) < 4.78 is 0. The fourth-order valence-electron chi connectivity index (χ4n) is 5.81. The lowest BCUT2D eigenvalue weighted by molar-refractivity contribution is -0.149. The second-order valence-corrected chi connectivity index (χ2v) is 14.4. The molecule has 0 spiro atoms. The van der Waals surface area contributed by atoms with E-state index in [0.717, 1.165) is 0 Å². The van der Waals surface area contributed by atoms with Gasteiger partial charge in [0.05, 0.1) is 19.2 Å². The summed E-state index contributed by atoms with van der Waals surface area (Å²) in [6.07, 6.45) is 2.36. The molecule has 58 heavy (non-hydrogen) atoms. The van der Waals surface area contributed by atoms with Gasteiger partial charge in [-0.3, -0.25) is 38.6 Å². The van der Waals surface area contributed by atoms with Crippen molar-refractivity contribution in [2.75, 3.05) is 38.2 Å². The Bertz CT molecular complexity index is 1630. The van der Waals surface area contributed by atoms with Crippen LogP contribution in [0.2, 0.25) is 0 Å². The monoisotopic (exact) mass is 837 g/mol. The minimum atomic E-state index is -1.67. The Hall–Kier alpha value is -5.68. The Morgan fingerprint density at radius 1 is 0.862 bits per heavy atom. The quantitative estimate of drug-likeness (QED) is 0.0251. The number of carbonyl (C=O) groups is 8. The van der Waals surface area contributed by atoms with Gasteiger partial charge in [0, 0.05) is 25.9 Å². The van der Waals surface area contributed by atoms with E-state index in [9.17, 15) is 53.7 Å². The van der Waals surface area contributed by atoms with Gasteiger partial charge in [-0.15, -0.1) is 0 Å². The van der Waals surface area contributed by atoms with E-state index in [4.69, 9.17) is 22.9 Å². The van der Waals surface area contributed by atoms with E-state index in [1.165, 1.54) is 40.9 Å². The van der Waals surface area contributed by atoms with E-state index in [0.29, 0.717) is 17.7 Å². The molecule has 1 heterocycles. The number of phenols is 1. The molecule has 1 aromatic carbocycles. The zero-order valence-corrected chi connectivity index (χ0v) is 33.0. The number of primary amides is 1. The molecule has 0 radical (unpaired) electrons. The molecule has 16 N–H and O–H groups in total. The lowest BCUT2D eigenvalue weighted by atomic mass is 10.0. The first-order valence-corrected chi connectivity index (χ1v) is 19.8. The number of guanidine groups is 1. The number of aliphatic hydroxyl groups is 1. The van der Waals surface area contributed by atoms with Crippen LogP contribution < -0.4 is 49.5 Å². The van der Waals surface area contributed by atoms with Crippen molar-refractivity contribution in [1.82, 2.24) is 31.5 Å². The highest BCUT2D eigenvalue weighted by Gasteiger charge is 2.38. The molecule has 0 aromatic heterocycles. The lowest BCUT2D eigenvalue weighted by Gasteiger charge is -2.29. The van der Waals surface area contributed by atoms with Crippen molar-refractivity contribution in [1.29, 1.82) is 0 Å². The van der Waals surface area contributed by atoms with Gasteiger partial charge in [0.1, 0.15) is 36.0 Å². The van der Waals surface area contributed by atoms with Crippen LogP contribution >= 0.6 is 11.8 Å². The number of hydrogen-bond acceptors (Lipinski definition) is 13. The molecule has 0 bridgehead atoms. The highest BCUT2D eigenvalue weighted by Crippen LogP contribution is 2.20. The third kappa shape index (κ3) is 16.8. The van der Waals surface area contributed by atoms with Gasteiger partial charge in [-0.2, -0.15) is 11.8 Å². The van der Waals surface area contributed by atoms with Gasteiger partial charge in [0.25, 0.3) is 0 Å². The van der Waals surface area contributed by atoms with Crippen molar-refractivity contribution in [3.05, 3.63) is 29.8 Å². The van der Waals surface area contributed by atoms with Crippen LogP contribution in [0.5, 0.6) is 5.75 Å². The van der Waals surface area contributed by atoms with E-state index in [-0.39, 0.29) is 69.7 Å². The number of benzene rings is 1. The smallest absolute Gasteiger partial charge is 0.326 e. The molecule has 1 aromatic rings. The number of aromatic hydroxyl groups is 1. The summed E-state index contributed by atoms with van der Waals surface area (Å²) in [5.74, 6) is -6.65. The number of phenolic OH excluding ortho intramolecular Hbond substituents is 1. The molecule has 6 unspecified atom stereocenters. The molecule has 2 rings (SSSR count). The van der Waals surface area contributed by atoms with Gasteiger partial charge < -0.3 is 69.7 Å². The molecule has 1 fully saturated rings. The Balaban J connectivity index is 2.26. The Kier molecular flexibility index (Phi) is 20.8. The highest BCUT2D eigenvalue weighted by molar-refractivity contribution is 7.98. The maximum Gasteiger partial charge on any atom is 0.326 e. The zero-order chi connectivity index (χ0) is 43.4. The van der Waals surface area contributed by atoms with Gasteiger partial charge in [-0.25, -0.2) is 4.79 Å². The number of carboxylic acid groups (broad SMARTS) is 1. The first kappa shape index (κ1) is 48.5. The molecule has 6 atom stereocenters. The van der Waals surface area contributed by atoms with Crippen molar-refractivity contribution in [2.45, 2.75) is 87.6 Å². The highest BCUT2D eigenvalue weighted by atomic mass is 32.2. The summed E-state index contributed by atoms with van der Waals surface area (Å²) in [5, 5.41) is 41.8. The van der Waals surface area contributed by atoms with Crippen LogP contribution in [0.25, 0.3) is 0 Å². The fraction of sp³-hybridized carbons (Fsp3) is 0.571. The normalized spacial score (nSPS) is 16.1. The summed E-state index contributed by atoms with van der Waals surface area (Å²) in [6.45, 7) is -1.34. The van der Waals surface area contributed by atoms with Crippen molar-refractivity contribution >= 4 is 65.0 Å². The Labute approximate surface area is 339 Å². The molecule has 1 aliphatic heterocycles. The van der Waals surface area contributed by atoms with Gasteiger partial charge in [-0.1, -0.05) is 12.1 Å². The molecular weight excluding hydrogens is 783 g/mol. The number of aliphatic imine (C=N–C) groups is 1. The van der Waals surface area contributed by atoms with Crippen molar-refractivity contribution in [2.24, 2.45) is 27.9 Å². The summed E-state index contributed by atoms with van der Waals surface area (Å²) >= 11 is 1.40. The summed E-state index contributed by atoms with van der Waals surface area (Å²) in [7, 11) is 0. The van der Waals surface area contributed by atoms with Crippen LogP contribution in [0.3, 0.4) is 0 Å². The van der Waals surface area contributed by atoms with E-state index < -0.39 is 96.7 Å². The number of hydrogen-bond donors (Lipinski definition) is 12. The minimum Gasteiger partial charge on any atom is -0.508 e. The molecular formula is C35H55N11O11S. The molecule has 322 valence electrons. The van der Waals surface area contributed by atoms with Crippen LogP contribution in [-0.4, -0.2) is 148 Å². The van der Waals surface area contributed by atoms with Crippen LogP contribution in [0.1, 0.15) is 50.5 Å². The SMILES string of the molecule is CSCCC(NC(=O)C(CCCN=C(N)N)NC(=O)C(CO)NC(=O)C(Cc1ccc(O)cc1)NC(=O)CNC(=O)C(N)CCC(N)=O)C(=O)N1CCCC1C(=O)O. The first-order chi connectivity index (χ1) is 27.5. The van der Waals surface area contributed by atoms with E-state index in [1.54, 1.807) is 6.26 Å². The number of nitrogens with two attached hydrogens (primary N) is 4. The summed E-state index contributed by atoms with van der Waals surface area (Å²) in [4.78, 5) is 108. The number of thioether (sulfide) groups is 1. The second-order valence-electron chi connectivity index (χ2n) is 13.4. The molecule has 0 aliphatic carbocycles. The average molecular weight is 838 g/mol. The van der Waals surface area contributed by atoms with E-state index in [1.807, 2.05) is 0 Å². The lowest BCUT2D eigenvalue weighted by Crippen LogP contribution is -2.60. The maximum atomic E-state index is 13.7. The number of aliphatic hydroxyl groups excluding tert-OH is 1. The largest absolute Gasteiger partial charge is 0.508 e. The number of aliphatic carboxylic acids is 1. The minimum absolute atomic E-state index is 0.0590. The number of nitrogens with one attached hydrogen (secondary N) is 5. The maximum absolute atomic E-state index is 13.7. The molecule has 23 heteroatoms. The zero-order valence-electron chi connectivity index (χ0n) is 32.2. The van der Waals surface area contributed by atoms with Crippen LogP contribution in [-0.2, 0) is 44.8 Å². The topological polar surface area (TPSA) is 377 Å². The fourth-order valence-corrected chi connectivity index (χ4v) is 6.29. The molecule has 1 saturated heterocycles.